The number of carbonyl (C=O) groups excluding carboxylic acids is 1. The molecule has 0 saturated carbocycles. The Labute approximate surface area is 137 Å². The lowest BCUT2D eigenvalue weighted by atomic mass is 10.1. The van der Waals surface area contributed by atoms with Crippen LogP contribution in [0.3, 0.4) is 0 Å². The summed E-state index contributed by atoms with van der Waals surface area (Å²) < 4.78 is 0. The highest BCUT2D eigenvalue weighted by atomic mass is 16.2. The Morgan fingerprint density at radius 3 is 2.26 bits per heavy atom. The molecule has 1 atom stereocenters. The lowest BCUT2D eigenvalue weighted by Crippen LogP contribution is -2.34. The largest absolute Gasteiger partial charge is 0.383 e. The van der Waals surface area contributed by atoms with Crippen molar-refractivity contribution in [1.82, 2.24) is 10.2 Å². The summed E-state index contributed by atoms with van der Waals surface area (Å²) in [6.07, 6.45) is 1.40. The molecule has 1 aromatic rings. The van der Waals surface area contributed by atoms with Gasteiger partial charge in [-0.2, -0.15) is 10.5 Å². The van der Waals surface area contributed by atoms with E-state index in [1.165, 1.54) is 6.20 Å². The SMILES string of the molecule is CCN(CC)C(=O)Nc1ccc([C@@H](C)NC=C(C#N)C#N)cc1. The summed E-state index contributed by atoms with van der Waals surface area (Å²) in [6, 6.07) is 10.9. The number of rotatable bonds is 6. The van der Waals surface area contributed by atoms with Crippen LogP contribution in [0.4, 0.5) is 10.5 Å². The fraction of sp³-hybridized carbons (Fsp3) is 0.353. The number of carbonyl (C=O) groups is 1. The van der Waals surface area contributed by atoms with Crippen molar-refractivity contribution in [1.29, 1.82) is 10.5 Å². The lowest BCUT2D eigenvalue weighted by molar-refractivity contribution is 0.217. The number of urea groups is 1. The molecule has 2 amide bonds. The van der Waals surface area contributed by atoms with Crippen LogP contribution < -0.4 is 10.6 Å². The standard InChI is InChI=1S/C17H21N5O/c1-4-22(5-2)17(23)21-16-8-6-15(7-9-16)13(3)20-12-14(10-18)11-19/h6-9,12-13,20H,4-5H2,1-3H3,(H,21,23)/t13-/m1/s1. The molecule has 0 heterocycles. The molecule has 6 heteroatoms. The van der Waals surface area contributed by atoms with Gasteiger partial charge < -0.3 is 15.5 Å². The van der Waals surface area contributed by atoms with Gasteiger partial charge in [-0.05, 0) is 38.5 Å². The second-order valence-electron chi connectivity index (χ2n) is 4.89. The van der Waals surface area contributed by atoms with Crippen LogP contribution in [0.5, 0.6) is 0 Å². The zero-order valence-electron chi connectivity index (χ0n) is 13.6. The monoisotopic (exact) mass is 311 g/mol. The topological polar surface area (TPSA) is 91.9 Å². The average Bonchev–Trinajstić information content (AvgIpc) is 2.57. The predicted molar refractivity (Wildman–Crippen MR) is 89.2 cm³/mol. The summed E-state index contributed by atoms with van der Waals surface area (Å²) in [4.78, 5) is 13.7. The van der Waals surface area contributed by atoms with Crippen molar-refractivity contribution in [2.24, 2.45) is 0 Å². The molecule has 0 unspecified atom stereocenters. The van der Waals surface area contributed by atoms with Gasteiger partial charge in [-0.3, -0.25) is 0 Å². The highest BCUT2D eigenvalue weighted by molar-refractivity contribution is 5.89. The van der Waals surface area contributed by atoms with E-state index in [1.807, 2.05) is 45.0 Å². The van der Waals surface area contributed by atoms with Gasteiger partial charge in [0, 0.05) is 31.0 Å². The van der Waals surface area contributed by atoms with Gasteiger partial charge in [0.05, 0.1) is 0 Å². The predicted octanol–water partition coefficient (Wildman–Crippen LogP) is 3.14. The number of hydrogen-bond acceptors (Lipinski definition) is 4. The third-order valence-corrected chi connectivity index (χ3v) is 3.43. The molecule has 2 N–H and O–H groups in total. The summed E-state index contributed by atoms with van der Waals surface area (Å²) in [5.74, 6) is 0. The molecule has 1 rings (SSSR count). The number of amides is 2. The first-order valence-corrected chi connectivity index (χ1v) is 7.48. The van der Waals surface area contributed by atoms with E-state index in [2.05, 4.69) is 10.6 Å². The fourth-order valence-electron chi connectivity index (χ4n) is 1.96. The van der Waals surface area contributed by atoms with Crippen molar-refractivity contribution in [3.05, 3.63) is 41.6 Å². The van der Waals surface area contributed by atoms with Gasteiger partial charge in [-0.1, -0.05) is 12.1 Å². The van der Waals surface area contributed by atoms with Crippen molar-refractivity contribution >= 4 is 11.7 Å². The second-order valence-corrected chi connectivity index (χ2v) is 4.89. The molecule has 0 radical (unpaired) electrons. The molecule has 0 bridgehead atoms. The number of anilines is 1. The van der Waals surface area contributed by atoms with Gasteiger partial charge in [-0.25, -0.2) is 4.79 Å². The molecule has 6 nitrogen and oxygen atoms in total. The smallest absolute Gasteiger partial charge is 0.321 e. The zero-order valence-corrected chi connectivity index (χ0v) is 13.6. The zero-order chi connectivity index (χ0) is 17.2. The molecule has 0 aliphatic carbocycles. The maximum Gasteiger partial charge on any atom is 0.321 e. The van der Waals surface area contributed by atoms with Gasteiger partial charge in [0.1, 0.15) is 17.7 Å². The molecule has 0 aliphatic rings. The molecule has 0 spiro atoms. The Bertz CT molecular complexity index is 616. The van der Waals surface area contributed by atoms with Crippen LogP contribution in [0.1, 0.15) is 32.4 Å². The highest BCUT2D eigenvalue weighted by Crippen LogP contribution is 2.16. The fourth-order valence-corrected chi connectivity index (χ4v) is 1.96. The summed E-state index contributed by atoms with van der Waals surface area (Å²) in [7, 11) is 0. The molecule has 0 fully saturated rings. The minimum atomic E-state index is -0.121. The number of nitrogens with one attached hydrogen (secondary N) is 2. The third-order valence-electron chi connectivity index (χ3n) is 3.43. The molecular weight excluding hydrogens is 290 g/mol. The van der Waals surface area contributed by atoms with E-state index < -0.39 is 0 Å². The van der Waals surface area contributed by atoms with Crippen LogP contribution in [0.2, 0.25) is 0 Å². The van der Waals surface area contributed by atoms with Gasteiger partial charge in [0.15, 0.2) is 0 Å². The molecule has 120 valence electrons. The van der Waals surface area contributed by atoms with Crippen molar-refractivity contribution in [3.8, 4) is 12.1 Å². The van der Waals surface area contributed by atoms with E-state index in [0.29, 0.717) is 13.1 Å². The Morgan fingerprint density at radius 1 is 1.22 bits per heavy atom. The van der Waals surface area contributed by atoms with Crippen LogP contribution in [0, 0.1) is 22.7 Å². The summed E-state index contributed by atoms with van der Waals surface area (Å²) in [5.41, 5.74) is 1.74. The van der Waals surface area contributed by atoms with Crippen LogP contribution in [0.15, 0.2) is 36.0 Å². The Balaban J connectivity index is 2.70. The minimum Gasteiger partial charge on any atom is -0.383 e. The maximum atomic E-state index is 12.0. The van der Waals surface area contributed by atoms with Crippen molar-refractivity contribution in [2.75, 3.05) is 18.4 Å². The summed E-state index contributed by atoms with van der Waals surface area (Å²) in [5, 5.41) is 23.2. The minimum absolute atomic E-state index is 0.0277. The number of nitriles is 2. The first-order chi connectivity index (χ1) is 11.0. The Hall–Kier alpha value is -2.99. The molecular formula is C17H21N5O. The second kappa shape index (κ2) is 9.11. The van der Waals surface area contributed by atoms with Crippen molar-refractivity contribution < 1.29 is 4.79 Å². The van der Waals surface area contributed by atoms with Gasteiger partial charge in [0.2, 0.25) is 0 Å². The van der Waals surface area contributed by atoms with Crippen molar-refractivity contribution in [3.63, 3.8) is 0 Å². The van der Waals surface area contributed by atoms with Crippen LogP contribution >= 0.6 is 0 Å². The molecule has 0 aliphatic heterocycles. The van der Waals surface area contributed by atoms with E-state index in [4.69, 9.17) is 10.5 Å². The third kappa shape index (κ3) is 5.37. The van der Waals surface area contributed by atoms with Crippen LogP contribution in [-0.2, 0) is 0 Å². The molecule has 23 heavy (non-hydrogen) atoms. The van der Waals surface area contributed by atoms with E-state index >= 15 is 0 Å². The maximum absolute atomic E-state index is 12.0. The van der Waals surface area contributed by atoms with Gasteiger partial charge in [0.25, 0.3) is 0 Å². The van der Waals surface area contributed by atoms with Crippen LogP contribution in [0.25, 0.3) is 0 Å². The van der Waals surface area contributed by atoms with E-state index in [9.17, 15) is 4.79 Å². The molecule has 1 aromatic carbocycles. The molecule has 0 saturated heterocycles. The van der Waals surface area contributed by atoms with E-state index in [-0.39, 0.29) is 17.6 Å². The Kier molecular flexibility index (Phi) is 7.16. The summed E-state index contributed by atoms with van der Waals surface area (Å²) >= 11 is 0. The van der Waals surface area contributed by atoms with Gasteiger partial charge in [-0.15, -0.1) is 0 Å². The van der Waals surface area contributed by atoms with Crippen LogP contribution in [-0.4, -0.2) is 24.0 Å². The highest BCUT2D eigenvalue weighted by Gasteiger charge is 2.09. The number of hydrogen-bond donors (Lipinski definition) is 2. The first kappa shape index (κ1) is 18.1. The van der Waals surface area contributed by atoms with Crippen molar-refractivity contribution in [2.45, 2.75) is 26.8 Å². The Morgan fingerprint density at radius 2 is 1.78 bits per heavy atom. The average molecular weight is 311 g/mol. The van der Waals surface area contributed by atoms with E-state index in [0.717, 1.165) is 11.3 Å². The number of nitrogens with zero attached hydrogens (tertiary/aromatic N) is 3. The lowest BCUT2D eigenvalue weighted by Gasteiger charge is -2.19. The van der Waals surface area contributed by atoms with Gasteiger partial charge >= 0.3 is 6.03 Å². The quantitative estimate of drug-likeness (QED) is 0.789. The first-order valence-electron chi connectivity index (χ1n) is 7.48. The van der Waals surface area contributed by atoms with E-state index in [1.54, 1.807) is 17.0 Å². The summed E-state index contributed by atoms with van der Waals surface area (Å²) in [6.45, 7) is 7.11. The normalized spacial score (nSPS) is 10.7. The number of allylic oxidation sites excluding steroid dienone is 1. The molecule has 0 aromatic heterocycles. The number of benzene rings is 1.